The van der Waals surface area contributed by atoms with Crippen LogP contribution in [0.4, 0.5) is 0 Å². The average Bonchev–Trinajstić information content (AvgIpc) is 2.65. The average molecular weight is 245 g/mol. The number of carbonyl (C=O) groups is 2. The van der Waals surface area contributed by atoms with Crippen molar-refractivity contribution in [3.05, 3.63) is 11.3 Å². The standard InChI is InChI=1S/C8H8N4O3.ClH/c9-1-4-2-11-3-5(10)7(13)12(11)6(4)8(14)15;/h5H,2-3,10H2,(H,14,15);1H/t5-;/m1./s1. The molecule has 0 radical (unpaired) electrons. The molecule has 0 aromatic rings. The Morgan fingerprint density at radius 1 is 1.62 bits per heavy atom. The van der Waals surface area contributed by atoms with E-state index in [2.05, 4.69) is 0 Å². The fourth-order valence-corrected chi connectivity index (χ4v) is 1.76. The molecule has 86 valence electrons. The van der Waals surface area contributed by atoms with Crippen molar-refractivity contribution in [2.45, 2.75) is 6.04 Å². The number of carboxylic acid groups (broad SMARTS) is 1. The van der Waals surface area contributed by atoms with Gasteiger partial charge in [0.2, 0.25) is 0 Å². The van der Waals surface area contributed by atoms with Crippen molar-refractivity contribution in [3.63, 3.8) is 0 Å². The van der Waals surface area contributed by atoms with Crippen LogP contribution in [-0.2, 0) is 9.59 Å². The molecular formula is C8H9ClN4O3. The quantitative estimate of drug-likeness (QED) is 0.591. The second kappa shape index (κ2) is 4.09. The number of nitrogens with zero attached hydrogens (tertiary/aromatic N) is 3. The van der Waals surface area contributed by atoms with Crippen LogP contribution in [0.15, 0.2) is 11.3 Å². The number of rotatable bonds is 1. The van der Waals surface area contributed by atoms with E-state index >= 15 is 0 Å². The highest BCUT2D eigenvalue weighted by Gasteiger charge is 2.46. The monoisotopic (exact) mass is 244 g/mol. The van der Waals surface area contributed by atoms with Crippen LogP contribution >= 0.6 is 12.4 Å². The normalized spacial score (nSPS) is 24.1. The van der Waals surface area contributed by atoms with Gasteiger partial charge in [-0.05, 0) is 0 Å². The van der Waals surface area contributed by atoms with E-state index in [1.807, 2.05) is 0 Å². The minimum absolute atomic E-state index is 0. The van der Waals surface area contributed by atoms with Gasteiger partial charge in [-0.1, -0.05) is 0 Å². The van der Waals surface area contributed by atoms with Gasteiger partial charge in [-0.2, -0.15) is 5.26 Å². The molecule has 1 atom stereocenters. The molecule has 0 aromatic heterocycles. The van der Waals surface area contributed by atoms with Crippen molar-refractivity contribution in [2.75, 3.05) is 13.1 Å². The van der Waals surface area contributed by atoms with Crippen molar-refractivity contribution < 1.29 is 14.7 Å². The largest absolute Gasteiger partial charge is 0.476 e. The zero-order valence-electron chi connectivity index (χ0n) is 8.08. The minimum Gasteiger partial charge on any atom is -0.476 e. The molecule has 16 heavy (non-hydrogen) atoms. The molecule has 0 bridgehead atoms. The predicted octanol–water partition coefficient (Wildman–Crippen LogP) is -1.33. The summed E-state index contributed by atoms with van der Waals surface area (Å²) in [6.45, 7) is 0.387. The van der Waals surface area contributed by atoms with Gasteiger partial charge < -0.3 is 10.8 Å². The highest BCUT2D eigenvalue weighted by Crippen LogP contribution is 2.28. The maximum Gasteiger partial charge on any atom is 0.355 e. The predicted molar refractivity (Wildman–Crippen MR) is 53.9 cm³/mol. The van der Waals surface area contributed by atoms with Crippen LogP contribution in [0.1, 0.15) is 0 Å². The lowest BCUT2D eigenvalue weighted by atomic mass is 10.2. The number of carboxylic acids is 1. The first-order valence-corrected chi connectivity index (χ1v) is 4.27. The van der Waals surface area contributed by atoms with Gasteiger partial charge in [-0.3, -0.25) is 4.79 Å². The molecule has 1 fully saturated rings. The zero-order valence-corrected chi connectivity index (χ0v) is 8.90. The third kappa shape index (κ3) is 1.53. The van der Waals surface area contributed by atoms with Crippen LogP contribution in [0.25, 0.3) is 0 Å². The third-order valence-electron chi connectivity index (χ3n) is 2.39. The fourth-order valence-electron chi connectivity index (χ4n) is 1.76. The highest BCUT2D eigenvalue weighted by molar-refractivity contribution is 5.97. The molecule has 0 unspecified atom stereocenters. The highest BCUT2D eigenvalue weighted by atomic mass is 35.5. The van der Waals surface area contributed by atoms with Crippen molar-refractivity contribution in [1.82, 2.24) is 10.0 Å². The zero-order chi connectivity index (χ0) is 11.2. The maximum atomic E-state index is 11.5. The van der Waals surface area contributed by atoms with E-state index in [0.29, 0.717) is 0 Å². The molecule has 2 aliphatic rings. The summed E-state index contributed by atoms with van der Waals surface area (Å²) in [5.41, 5.74) is 5.30. The number of hydrogen-bond acceptors (Lipinski definition) is 5. The molecule has 0 aromatic carbocycles. The maximum absolute atomic E-state index is 11.5. The van der Waals surface area contributed by atoms with E-state index in [-0.39, 0.29) is 36.8 Å². The summed E-state index contributed by atoms with van der Waals surface area (Å²) >= 11 is 0. The number of hydrogen-bond donors (Lipinski definition) is 2. The Kier molecular flexibility index (Phi) is 3.19. The van der Waals surface area contributed by atoms with Crippen molar-refractivity contribution in [3.8, 4) is 6.07 Å². The lowest BCUT2D eigenvalue weighted by Gasteiger charge is -2.18. The van der Waals surface area contributed by atoms with Crippen LogP contribution in [0.5, 0.6) is 0 Å². The van der Waals surface area contributed by atoms with E-state index in [9.17, 15) is 9.59 Å². The van der Waals surface area contributed by atoms with Crippen LogP contribution in [0.2, 0.25) is 0 Å². The van der Waals surface area contributed by atoms with Crippen molar-refractivity contribution in [2.24, 2.45) is 5.73 Å². The Balaban J connectivity index is 0.00000128. The minimum atomic E-state index is -1.28. The Hall–Kier alpha value is -1.62. The van der Waals surface area contributed by atoms with Gasteiger partial charge in [0.25, 0.3) is 5.91 Å². The summed E-state index contributed by atoms with van der Waals surface area (Å²) in [5.74, 6) is -1.76. The Morgan fingerprint density at radius 3 is 2.75 bits per heavy atom. The van der Waals surface area contributed by atoms with Gasteiger partial charge in [0, 0.05) is 6.54 Å². The van der Waals surface area contributed by atoms with Gasteiger partial charge in [0.15, 0.2) is 5.70 Å². The molecule has 0 aliphatic carbocycles. The third-order valence-corrected chi connectivity index (χ3v) is 2.39. The second-order valence-corrected chi connectivity index (χ2v) is 3.35. The van der Waals surface area contributed by atoms with Gasteiger partial charge in [-0.15, -0.1) is 12.4 Å². The number of aliphatic carboxylic acids is 1. The van der Waals surface area contributed by atoms with Gasteiger partial charge in [0.05, 0.1) is 18.2 Å². The van der Waals surface area contributed by atoms with Crippen molar-refractivity contribution in [1.29, 1.82) is 5.26 Å². The summed E-state index contributed by atoms with van der Waals surface area (Å²) < 4.78 is 0. The molecule has 0 spiro atoms. The summed E-state index contributed by atoms with van der Waals surface area (Å²) in [4.78, 5) is 22.4. The van der Waals surface area contributed by atoms with Gasteiger partial charge >= 0.3 is 5.97 Å². The van der Waals surface area contributed by atoms with Crippen molar-refractivity contribution >= 4 is 24.3 Å². The van der Waals surface area contributed by atoms with E-state index in [1.54, 1.807) is 6.07 Å². The molecule has 8 heteroatoms. The van der Waals surface area contributed by atoms with Crippen LogP contribution in [-0.4, -0.2) is 46.1 Å². The molecule has 2 heterocycles. The number of nitriles is 1. The number of carbonyl (C=O) groups excluding carboxylic acids is 1. The molecule has 3 N–H and O–H groups in total. The number of amides is 1. The topological polar surface area (TPSA) is 111 Å². The van der Waals surface area contributed by atoms with Gasteiger partial charge in [-0.25, -0.2) is 14.8 Å². The number of hydrazine groups is 1. The van der Waals surface area contributed by atoms with E-state index in [0.717, 1.165) is 5.01 Å². The van der Waals surface area contributed by atoms with Crippen LogP contribution in [0, 0.1) is 11.3 Å². The smallest absolute Gasteiger partial charge is 0.355 e. The first-order chi connectivity index (χ1) is 7.06. The summed E-state index contributed by atoms with van der Waals surface area (Å²) in [5, 5.41) is 20.1. The Labute approximate surface area is 97.1 Å². The number of fused-ring (bicyclic) bond motifs is 1. The molecule has 2 rings (SSSR count). The Bertz CT molecular complexity index is 427. The molecular weight excluding hydrogens is 236 g/mol. The lowest BCUT2D eigenvalue weighted by Crippen LogP contribution is -2.37. The second-order valence-electron chi connectivity index (χ2n) is 3.35. The van der Waals surface area contributed by atoms with Crippen LogP contribution in [0.3, 0.4) is 0 Å². The number of nitrogens with two attached hydrogens (primary N) is 1. The number of halogens is 1. The summed E-state index contributed by atoms with van der Waals surface area (Å²) in [6.07, 6.45) is 0. The first-order valence-electron chi connectivity index (χ1n) is 4.27. The fraction of sp³-hybridized carbons (Fsp3) is 0.375. The summed E-state index contributed by atoms with van der Waals surface area (Å²) in [6, 6.07) is 1.07. The van der Waals surface area contributed by atoms with E-state index < -0.39 is 17.9 Å². The van der Waals surface area contributed by atoms with Gasteiger partial charge in [0.1, 0.15) is 6.04 Å². The Morgan fingerprint density at radius 2 is 2.25 bits per heavy atom. The molecule has 2 aliphatic heterocycles. The summed E-state index contributed by atoms with van der Waals surface area (Å²) in [7, 11) is 0. The molecule has 0 saturated carbocycles. The van der Waals surface area contributed by atoms with E-state index in [1.165, 1.54) is 5.01 Å². The SMILES string of the molecule is Cl.N#CC1=C(C(=O)O)N2C(=O)[C@H](N)CN2C1. The van der Waals surface area contributed by atoms with Crippen LogP contribution < -0.4 is 5.73 Å². The first kappa shape index (κ1) is 12.4. The lowest BCUT2D eigenvalue weighted by molar-refractivity contribution is -0.143. The molecule has 7 nitrogen and oxygen atoms in total. The molecule has 1 amide bonds. The molecule has 1 saturated heterocycles. The van der Waals surface area contributed by atoms with E-state index in [4.69, 9.17) is 16.1 Å².